The molecule has 0 saturated heterocycles. The molecule has 2 aromatic carbocycles. The molecular weight excluding hydrogens is 377 g/mol. The van der Waals surface area contributed by atoms with E-state index >= 15 is 0 Å². The number of ether oxygens (including phenoxy) is 1. The summed E-state index contributed by atoms with van der Waals surface area (Å²) in [5.74, 6) is 0.256. The van der Waals surface area contributed by atoms with Gasteiger partial charge < -0.3 is 10.1 Å². The van der Waals surface area contributed by atoms with Gasteiger partial charge in [-0.1, -0.05) is 35.3 Å². The Morgan fingerprint density at radius 3 is 2.62 bits per heavy atom. The van der Waals surface area contributed by atoms with E-state index in [4.69, 9.17) is 27.9 Å². The fraction of sp³-hybridized carbons (Fsp3) is 0.133. The smallest absolute Gasteiger partial charge is 0.265 e. The van der Waals surface area contributed by atoms with Gasteiger partial charge >= 0.3 is 0 Å². The Morgan fingerprint density at radius 2 is 1.95 bits per heavy atom. The molecule has 0 spiro atoms. The number of nitrogens with one attached hydrogen (secondary N) is 1. The van der Waals surface area contributed by atoms with Crippen LogP contribution in [0.5, 0.6) is 5.75 Å². The summed E-state index contributed by atoms with van der Waals surface area (Å²) in [4.78, 5) is 12.1. The SMILES string of the molecule is CC(Oc1ccc(Cl)cc1Br)C(=O)Nc1ccccc1Cl. The third-order valence-corrected chi connectivity index (χ3v) is 3.88. The van der Waals surface area contributed by atoms with Crippen LogP contribution in [0.1, 0.15) is 6.92 Å². The van der Waals surface area contributed by atoms with Crippen molar-refractivity contribution in [3.8, 4) is 5.75 Å². The average Bonchev–Trinajstić information content (AvgIpc) is 2.44. The summed E-state index contributed by atoms with van der Waals surface area (Å²) in [6, 6.07) is 12.1. The van der Waals surface area contributed by atoms with Crippen molar-refractivity contribution < 1.29 is 9.53 Å². The van der Waals surface area contributed by atoms with E-state index in [0.717, 1.165) is 0 Å². The Morgan fingerprint density at radius 1 is 1.24 bits per heavy atom. The molecule has 110 valence electrons. The van der Waals surface area contributed by atoms with E-state index in [-0.39, 0.29) is 5.91 Å². The van der Waals surface area contributed by atoms with Crippen molar-refractivity contribution in [2.24, 2.45) is 0 Å². The summed E-state index contributed by atoms with van der Waals surface area (Å²) in [6.07, 6.45) is -0.682. The van der Waals surface area contributed by atoms with Crippen LogP contribution in [0.25, 0.3) is 0 Å². The quantitative estimate of drug-likeness (QED) is 0.785. The summed E-state index contributed by atoms with van der Waals surface area (Å²) in [5.41, 5.74) is 0.551. The molecule has 3 nitrogen and oxygen atoms in total. The molecule has 2 aromatic rings. The highest BCUT2D eigenvalue weighted by Gasteiger charge is 2.17. The van der Waals surface area contributed by atoms with Gasteiger partial charge in [0.05, 0.1) is 15.2 Å². The van der Waals surface area contributed by atoms with E-state index in [1.54, 1.807) is 49.4 Å². The van der Waals surface area contributed by atoms with E-state index in [9.17, 15) is 4.79 Å². The van der Waals surface area contributed by atoms with Gasteiger partial charge in [-0.25, -0.2) is 0 Å². The van der Waals surface area contributed by atoms with Crippen LogP contribution in [-0.4, -0.2) is 12.0 Å². The molecular formula is C15H12BrCl2NO2. The number of hydrogen-bond acceptors (Lipinski definition) is 2. The van der Waals surface area contributed by atoms with Crippen molar-refractivity contribution in [1.29, 1.82) is 0 Å². The maximum atomic E-state index is 12.1. The number of benzene rings is 2. The predicted molar refractivity (Wildman–Crippen MR) is 89.3 cm³/mol. The fourth-order valence-electron chi connectivity index (χ4n) is 1.61. The first-order valence-corrected chi connectivity index (χ1v) is 7.69. The van der Waals surface area contributed by atoms with E-state index in [1.165, 1.54) is 0 Å². The molecule has 0 saturated carbocycles. The molecule has 0 aliphatic carbocycles. The maximum absolute atomic E-state index is 12.1. The predicted octanol–water partition coefficient (Wildman–Crippen LogP) is 5.16. The van der Waals surface area contributed by atoms with Gasteiger partial charge in [0.2, 0.25) is 0 Å². The van der Waals surface area contributed by atoms with Gasteiger partial charge in [0.25, 0.3) is 5.91 Å². The molecule has 21 heavy (non-hydrogen) atoms. The topological polar surface area (TPSA) is 38.3 Å². The highest BCUT2D eigenvalue weighted by molar-refractivity contribution is 9.10. The van der Waals surface area contributed by atoms with Gasteiger partial charge in [-0.3, -0.25) is 4.79 Å². The Bertz CT molecular complexity index is 664. The van der Waals surface area contributed by atoms with Gasteiger partial charge in [-0.05, 0) is 53.2 Å². The van der Waals surface area contributed by atoms with Crippen LogP contribution >= 0.6 is 39.1 Å². The Balaban J connectivity index is 2.04. The zero-order valence-corrected chi connectivity index (χ0v) is 14.2. The summed E-state index contributed by atoms with van der Waals surface area (Å²) in [6.45, 7) is 1.66. The third kappa shape index (κ3) is 4.37. The molecule has 6 heteroatoms. The number of halogens is 3. The van der Waals surface area contributed by atoms with Crippen molar-refractivity contribution in [1.82, 2.24) is 0 Å². The molecule has 0 radical (unpaired) electrons. The zero-order valence-electron chi connectivity index (χ0n) is 11.1. The standard InChI is InChI=1S/C15H12BrCl2NO2/c1-9(21-14-7-6-10(17)8-11(14)16)15(20)19-13-5-3-2-4-12(13)18/h2-9H,1H3,(H,19,20). The first kappa shape index (κ1) is 16.1. The van der Waals surface area contributed by atoms with E-state index in [2.05, 4.69) is 21.2 Å². The van der Waals surface area contributed by atoms with Crippen molar-refractivity contribution in [2.45, 2.75) is 13.0 Å². The van der Waals surface area contributed by atoms with Crippen molar-refractivity contribution in [3.63, 3.8) is 0 Å². The minimum absolute atomic E-state index is 0.287. The number of amides is 1. The lowest BCUT2D eigenvalue weighted by Gasteiger charge is -2.16. The van der Waals surface area contributed by atoms with Crippen molar-refractivity contribution in [2.75, 3.05) is 5.32 Å². The summed E-state index contributed by atoms with van der Waals surface area (Å²) in [7, 11) is 0. The van der Waals surface area contributed by atoms with Crippen LogP contribution in [0.3, 0.4) is 0 Å². The molecule has 0 aromatic heterocycles. The second-order valence-corrected chi connectivity index (χ2v) is 6.00. The zero-order chi connectivity index (χ0) is 15.4. The first-order chi connectivity index (χ1) is 9.97. The minimum Gasteiger partial charge on any atom is -0.480 e. The average molecular weight is 389 g/mol. The molecule has 1 amide bonds. The highest BCUT2D eigenvalue weighted by Crippen LogP contribution is 2.29. The number of carbonyl (C=O) groups is 1. The van der Waals surface area contributed by atoms with Crippen LogP contribution in [0.4, 0.5) is 5.69 Å². The van der Waals surface area contributed by atoms with Gasteiger partial charge in [0, 0.05) is 5.02 Å². The molecule has 2 rings (SSSR count). The van der Waals surface area contributed by atoms with Crippen LogP contribution < -0.4 is 10.1 Å². The molecule has 0 bridgehead atoms. The molecule has 0 fully saturated rings. The second kappa shape index (κ2) is 7.16. The van der Waals surface area contributed by atoms with E-state index in [0.29, 0.717) is 26.0 Å². The lowest BCUT2D eigenvalue weighted by atomic mass is 10.3. The van der Waals surface area contributed by atoms with Gasteiger partial charge in [-0.2, -0.15) is 0 Å². The van der Waals surface area contributed by atoms with Crippen LogP contribution in [0.2, 0.25) is 10.0 Å². The van der Waals surface area contributed by atoms with Gasteiger partial charge in [0.1, 0.15) is 5.75 Å². The van der Waals surface area contributed by atoms with E-state index < -0.39 is 6.10 Å². The monoisotopic (exact) mass is 387 g/mol. The molecule has 1 N–H and O–H groups in total. The Hall–Kier alpha value is -1.23. The normalized spacial score (nSPS) is 11.8. The van der Waals surface area contributed by atoms with E-state index in [1.807, 2.05) is 0 Å². The van der Waals surface area contributed by atoms with Crippen LogP contribution in [0, 0.1) is 0 Å². The van der Waals surface area contributed by atoms with Gasteiger partial charge in [-0.15, -0.1) is 0 Å². The summed E-state index contributed by atoms with van der Waals surface area (Å²) < 4.78 is 6.30. The number of hydrogen-bond donors (Lipinski definition) is 1. The van der Waals surface area contributed by atoms with Crippen LogP contribution in [0.15, 0.2) is 46.9 Å². The number of anilines is 1. The minimum atomic E-state index is -0.682. The highest BCUT2D eigenvalue weighted by atomic mass is 79.9. The molecule has 1 atom stereocenters. The second-order valence-electron chi connectivity index (χ2n) is 4.30. The van der Waals surface area contributed by atoms with Gasteiger partial charge in [0.15, 0.2) is 6.10 Å². The lowest BCUT2D eigenvalue weighted by Crippen LogP contribution is -2.30. The Labute approximate surface area is 141 Å². The largest absolute Gasteiger partial charge is 0.480 e. The van der Waals surface area contributed by atoms with Crippen molar-refractivity contribution in [3.05, 3.63) is 57.0 Å². The molecule has 0 aliphatic rings. The number of para-hydroxylation sites is 1. The fourth-order valence-corrected chi connectivity index (χ4v) is 2.57. The summed E-state index contributed by atoms with van der Waals surface area (Å²) >= 11 is 15.2. The molecule has 0 aliphatic heterocycles. The maximum Gasteiger partial charge on any atom is 0.265 e. The van der Waals surface area contributed by atoms with Crippen molar-refractivity contribution >= 4 is 50.7 Å². The number of rotatable bonds is 4. The van der Waals surface area contributed by atoms with Crippen LogP contribution in [-0.2, 0) is 4.79 Å². The lowest BCUT2D eigenvalue weighted by molar-refractivity contribution is -0.122. The number of carbonyl (C=O) groups excluding carboxylic acids is 1. The first-order valence-electron chi connectivity index (χ1n) is 6.14. The molecule has 1 unspecified atom stereocenters. The summed E-state index contributed by atoms with van der Waals surface area (Å²) in [5, 5.41) is 3.79. The molecule has 0 heterocycles. The Kier molecular flexibility index (Phi) is 5.51. The third-order valence-electron chi connectivity index (χ3n) is 2.70.